The molecular formula is C17H24N2O3S. The Morgan fingerprint density at radius 1 is 1.22 bits per heavy atom. The Hall–Kier alpha value is -1.56. The molecule has 2 amide bonds. The Kier molecular flexibility index (Phi) is 4.62. The number of rotatable bonds is 3. The molecular weight excluding hydrogens is 312 g/mol. The van der Waals surface area contributed by atoms with Crippen LogP contribution in [0.2, 0.25) is 0 Å². The van der Waals surface area contributed by atoms with E-state index < -0.39 is 9.84 Å². The average molecular weight is 336 g/mol. The molecule has 0 bridgehead atoms. The summed E-state index contributed by atoms with van der Waals surface area (Å²) in [6, 6.07) is 8.04. The maximum atomic E-state index is 12.6. The van der Waals surface area contributed by atoms with Crippen LogP contribution in [0, 0.1) is 12.8 Å². The van der Waals surface area contributed by atoms with E-state index in [2.05, 4.69) is 24.4 Å². The first-order chi connectivity index (χ1) is 11.0. The second-order valence-electron chi connectivity index (χ2n) is 6.61. The van der Waals surface area contributed by atoms with Crippen LogP contribution in [0.25, 0.3) is 0 Å². The van der Waals surface area contributed by atoms with Crippen molar-refractivity contribution < 1.29 is 13.2 Å². The highest BCUT2D eigenvalue weighted by Crippen LogP contribution is 2.41. The van der Waals surface area contributed by atoms with Gasteiger partial charge in [-0.2, -0.15) is 0 Å². The lowest BCUT2D eigenvalue weighted by atomic mass is 9.98. The molecule has 1 aromatic carbocycles. The van der Waals surface area contributed by atoms with Gasteiger partial charge in [-0.15, -0.1) is 0 Å². The van der Waals surface area contributed by atoms with E-state index in [1.165, 1.54) is 11.1 Å². The van der Waals surface area contributed by atoms with Crippen LogP contribution < -0.4 is 5.32 Å². The first kappa shape index (κ1) is 16.3. The summed E-state index contributed by atoms with van der Waals surface area (Å²) in [7, 11) is -3.00. The van der Waals surface area contributed by atoms with Gasteiger partial charge >= 0.3 is 6.03 Å². The molecule has 1 unspecified atom stereocenters. The normalized spacial score (nSPS) is 22.2. The van der Waals surface area contributed by atoms with Crippen molar-refractivity contribution in [2.24, 2.45) is 5.92 Å². The fourth-order valence-corrected chi connectivity index (χ4v) is 4.45. The summed E-state index contributed by atoms with van der Waals surface area (Å²) in [6.45, 7) is 2.87. The van der Waals surface area contributed by atoms with Crippen LogP contribution in [-0.2, 0) is 9.84 Å². The Morgan fingerprint density at radius 3 is 2.65 bits per heavy atom. The third-order valence-corrected chi connectivity index (χ3v) is 6.45. The number of carbonyl (C=O) groups excluding carboxylic acids is 1. The van der Waals surface area contributed by atoms with Crippen molar-refractivity contribution in [2.45, 2.75) is 32.2 Å². The zero-order valence-electron chi connectivity index (χ0n) is 13.5. The van der Waals surface area contributed by atoms with Crippen LogP contribution in [0.5, 0.6) is 0 Å². The van der Waals surface area contributed by atoms with Crippen molar-refractivity contribution in [3.8, 4) is 0 Å². The van der Waals surface area contributed by atoms with Gasteiger partial charge in [0.05, 0.1) is 17.5 Å². The number of nitrogens with one attached hydrogen (secondary N) is 1. The lowest BCUT2D eigenvalue weighted by Crippen LogP contribution is -2.43. The predicted octanol–water partition coefficient (Wildman–Crippen LogP) is 2.28. The molecule has 23 heavy (non-hydrogen) atoms. The molecule has 6 heteroatoms. The van der Waals surface area contributed by atoms with Gasteiger partial charge in [0, 0.05) is 13.1 Å². The molecule has 5 nitrogen and oxygen atoms in total. The van der Waals surface area contributed by atoms with Gasteiger partial charge in [0.25, 0.3) is 0 Å². The summed E-state index contributed by atoms with van der Waals surface area (Å²) >= 11 is 0. The smallest absolute Gasteiger partial charge is 0.317 e. The number of sulfone groups is 1. The Balaban J connectivity index is 1.71. The fourth-order valence-electron chi connectivity index (χ4n) is 3.18. The van der Waals surface area contributed by atoms with Crippen LogP contribution in [0.3, 0.4) is 0 Å². The molecule has 1 aliphatic heterocycles. The predicted molar refractivity (Wildman–Crippen MR) is 90.0 cm³/mol. The first-order valence-electron chi connectivity index (χ1n) is 8.28. The van der Waals surface area contributed by atoms with Gasteiger partial charge < -0.3 is 10.2 Å². The molecule has 2 aliphatic rings. The van der Waals surface area contributed by atoms with E-state index in [1.54, 1.807) is 4.90 Å². The van der Waals surface area contributed by atoms with E-state index in [0.717, 1.165) is 12.8 Å². The van der Waals surface area contributed by atoms with Crippen LogP contribution in [0.15, 0.2) is 24.3 Å². The highest BCUT2D eigenvalue weighted by molar-refractivity contribution is 7.91. The summed E-state index contributed by atoms with van der Waals surface area (Å²) in [5.74, 6) is 0.746. The summed E-state index contributed by atoms with van der Waals surface area (Å²) in [5.41, 5.74) is 2.36. The molecule has 1 aliphatic carbocycles. The number of aryl methyl sites for hydroxylation is 1. The molecule has 0 spiro atoms. The topological polar surface area (TPSA) is 66.5 Å². The highest BCUT2D eigenvalue weighted by Gasteiger charge is 2.35. The lowest BCUT2D eigenvalue weighted by molar-refractivity contribution is 0.196. The van der Waals surface area contributed by atoms with Crippen LogP contribution in [0.1, 0.15) is 36.4 Å². The number of carbonyl (C=O) groups is 1. The molecule has 3 rings (SSSR count). The summed E-state index contributed by atoms with van der Waals surface area (Å²) < 4.78 is 23.4. The Bertz CT molecular complexity index is 683. The van der Waals surface area contributed by atoms with Gasteiger partial charge in [0.2, 0.25) is 0 Å². The first-order valence-corrected chi connectivity index (χ1v) is 10.1. The largest absolute Gasteiger partial charge is 0.331 e. The molecule has 1 N–H and O–H groups in total. The molecule has 2 fully saturated rings. The number of benzene rings is 1. The number of nitrogens with zero attached hydrogens (tertiary/aromatic N) is 1. The Labute approximate surface area is 138 Å². The molecule has 0 aromatic heterocycles. The lowest BCUT2D eigenvalue weighted by Gasteiger charge is -2.26. The standard InChI is InChI=1S/C17H24N2O3S/c1-13-5-2-3-6-15(13)16(14-7-8-14)18-17(20)19-9-4-11-23(21,22)12-10-19/h2-3,5-6,14,16H,4,7-12H2,1H3,(H,18,20). The molecule has 126 valence electrons. The van der Waals surface area contributed by atoms with E-state index in [1.807, 2.05) is 12.1 Å². The van der Waals surface area contributed by atoms with Crippen molar-refractivity contribution in [3.63, 3.8) is 0 Å². The molecule has 1 aromatic rings. The maximum Gasteiger partial charge on any atom is 0.317 e. The van der Waals surface area contributed by atoms with E-state index in [0.29, 0.717) is 25.4 Å². The van der Waals surface area contributed by atoms with E-state index in [4.69, 9.17) is 0 Å². The minimum Gasteiger partial charge on any atom is -0.331 e. The number of amides is 2. The monoisotopic (exact) mass is 336 g/mol. The van der Waals surface area contributed by atoms with Gasteiger partial charge in [0.1, 0.15) is 0 Å². The number of urea groups is 1. The van der Waals surface area contributed by atoms with Gasteiger partial charge in [0.15, 0.2) is 9.84 Å². The van der Waals surface area contributed by atoms with Gasteiger partial charge in [-0.05, 0) is 43.2 Å². The highest BCUT2D eigenvalue weighted by atomic mass is 32.2. The number of hydrogen-bond acceptors (Lipinski definition) is 3. The van der Waals surface area contributed by atoms with E-state index in [9.17, 15) is 13.2 Å². The average Bonchev–Trinajstić information content (AvgIpc) is 3.33. The Morgan fingerprint density at radius 2 is 1.96 bits per heavy atom. The SMILES string of the molecule is Cc1ccccc1C(NC(=O)N1CCCS(=O)(=O)CC1)C1CC1. The molecule has 1 atom stereocenters. The minimum absolute atomic E-state index is 0.0311. The van der Waals surface area contributed by atoms with Crippen LogP contribution >= 0.6 is 0 Å². The summed E-state index contributed by atoms with van der Waals surface area (Å²) in [6.07, 6.45) is 2.79. The third kappa shape index (κ3) is 4.05. The fraction of sp³-hybridized carbons (Fsp3) is 0.588. The van der Waals surface area contributed by atoms with E-state index >= 15 is 0 Å². The van der Waals surface area contributed by atoms with Crippen molar-refractivity contribution in [1.82, 2.24) is 10.2 Å². The van der Waals surface area contributed by atoms with Crippen molar-refractivity contribution >= 4 is 15.9 Å². The molecule has 1 saturated heterocycles. The van der Waals surface area contributed by atoms with Crippen molar-refractivity contribution in [1.29, 1.82) is 0 Å². The van der Waals surface area contributed by atoms with E-state index in [-0.39, 0.29) is 23.6 Å². The van der Waals surface area contributed by atoms with Gasteiger partial charge in [-0.1, -0.05) is 24.3 Å². The third-order valence-electron chi connectivity index (χ3n) is 4.74. The molecule has 1 heterocycles. The van der Waals surface area contributed by atoms with Crippen LogP contribution in [0.4, 0.5) is 4.79 Å². The van der Waals surface area contributed by atoms with Crippen molar-refractivity contribution in [2.75, 3.05) is 24.6 Å². The quantitative estimate of drug-likeness (QED) is 0.921. The van der Waals surface area contributed by atoms with Crippen LogP contribution in [-0.4, -0.2) is 43.9 Å². The van der Waals surface area contributed by atoms with Gasteiger partial charge in [-0.25, -0.2) is 13.2 Å². The second kappa shape index (κ2) is 6.51. The summed E-state index contributed by atoms with van der Waals surface area (Å²) in [5, 5.41) is 3.15. The summed E-state index contributed by atoms with van der Waals surface area (Å²) in [4.78, 5) is 14.3. The maximum absolute atomic E-state index is 12.6. The minimum atomic E-state index is -3.00. The zero-order valence-corrected chi connectivity index (χ0v) is 14.3. The van der Waals surface area contributed by atoms with Crippen molar-refractivity contribution in [3.05, 3.63) is 35.4 Å². The second-order valence-corrected chi connectivity index (χ2v) is 8.92. The van der Waals surface area contributed by atoms with Gasteiger partial charge in [-0.3, -0.25) is 0 Å². The molecule has 1 saturated carbocycles. The number of hydrogen-bond donors (Lipinski definition) is 1. The molecule has 0 radical (unpaired) electrons. The zero-order chi connectivity index (χ0) is 16.4.